The van der Waals surface area contributed by atoms with Gasteiger partial charge in [-0.1, -0.05) is 11.6 Å². The molecule has 0 atom stereocenters. The molecule has 2 aromatic rings. The molecule has 128 valence electrons. The summed E-state index contributed by atoms with van der Waals surface area (Å²) in [7, 11) is 0. The lowest BCUT2D eigenvalue weighted by Crippen LogP contribution is -2.31. The third kappa shape index (κ3) is 3.34. The topological polar surface area (TPSA) is 80.0 Å². The Kier molecular flexibility index (Phi) is 4.32. The minimum atomic E-state index is 0.471. The molecule has 3 heterocycles. The Hall–Kier alpha value is -2.18. The molecule has 0 aromatic carbocycles. The SMILES string of the molecule is Cc1cc(NCc2noc(C3CCC3)n2)nc(N2CCCCC2)n1. The molecule has 2 fully saturated rings. The Morgan fingerprint density at radius 1 is 1.12 bits per heavy atom. The molecule has 0 amide bonds. The first-order valence-electron chi connectivity index (χ1n) is 8.95. The van der Waals surface area contributed by atoms with Crippen LogP contribution in [-0.4, -0.2) is 33.2 Å². The van der Waals surface area contributed by atoms with Crippen LogP contribution >= 0.6 is 0 Å². The van der Waals surface area contributed by atoms with E-state index in [4.69, 9.17) is 4.52 Å². The van der Waals surface area contributed by atoms with Gasteiger partial charge in [0.2, 0.25) is 11.8 Å². The maximum Gasteiger partial charge on any atom is 0.229 e. The average Bonchev–Trinajstić information content (AvgIpc) is 3.00. The van der Waals surface area contributed by atoms with Crippen LogP contribution in [0.25, 0.3) is 0 Å². The van der Waals surface area contributed by atoms with Gasteiger partial charge in [-0.3, -0.25) is 0 Å². The summed E-state index contributed by atoms with van der Waals surface area (Å²) in [6, 6.07) is 1.96. The summed E-state index contributed by atoms with van der Waals surface area (Å²) in [5.41, 5.74) is 0.969. The van der Waals surface area contributed by atoms with Crippen LogP contribution in [0.1, 0.15) is 61.9 Å². The van der Waals surface area contributed by atoms with Crippen molar-refractivity contribution in [3.05, 3.63) is 23.5 Å². The minimum absolute atomic E-state index is 0.471. The standard InChI is InChI=1S/C17H24N6O/c1-12-10-14(21-17(19-12)23-8-3-2-4-9-23)18-11-15-20-16(24-22-15)13-6-5-7-13/h10,13H,2-9,11H2,1H3,(H,18,19,21). The fourth-order valence-corrected chi connectivity index (χ4v) is 3.21. The van der Waals surface area contributed by atoms with Gasteiger partial charge in [0.05, 0.1) is 6.54 Å². The highest BCUT2D eigenvalue weighted by molar-refractivity contribution is 5.43. The summed E-state index contributed by atoms with van der Waals surface area (Å²) in [5, 5.41) is 7.37. The molecule has 0 bridgehead atoms. The van der Waals surface area contributed by atoms with E-state index in [0.717, 1.165) is 36.4 Å². The number of anilines is 2. The van der Waals surface area contributed by atoms with Gasteiger partial charge in [0.15, 0.2) is 5.82 Å². The maximum absolute atomic E-state index is 5.36. The molecule has 2 aliphatic rings. The van der Waals surface area contributed by atoms with Gasteiger partial charge >= 0.3 is 0 Å². The first-order valence-corrected chi connectivity index (χ1v) is 8.95. The highest BCUT2D eigenvalue weighted by atomic mass is 16.5. The Labute approximate surface area is 141 Å². The van der Waals surface area contributed by atoms with Gasteiger partial charge in [-0.15, -0.1) is 0 Å². The summed E-state index contributed by atoms with van der Waals surface area (Å²) in [6.45, 7) is 4.60. The number of hydrogen-bond acceptors (Lipinski definition) is 7. The Morgan fingerprint density at radius 2 is 1.96 bits per heavy atom. The van der Waals surface area contributed by atoms with E-state index in [0.29, 0.717) is 18.3 Å². The Morgan fingerprint density at radius 3 is 2.71 bits per heavy atom. The van der Waals surface area contributed by atoms with Gasteiger partial charge in [-0.05, 0) is 39.0 Å². The van der Waals surface area contributed by atoms with E-state index in [1.807, 2.05) is 13.0 Å². The molecular weight excluding hydrogens is 304 g/mol. The van der Waals surface area contributed by atoms with Crippen molar-refractivity contribution in [2.45, 2.75) is 57.9 Å². The zero-order valence-electron chi connectivity index (χ0n) is 14.2. The molecular formula is C17H24N6O. The lowest BCUT2D eigenvalue weighted by Gasteiger charge is -2.27. The molecule has 4 rings (SSSR count). The van der Waals surface area contributed by atoms with Crippen molar-refractivity contribution in [3.63, 3.8) is 0 Å². The van der Waals surface area contributed by atoms with Crippen molar-refractivity contribution in [3.8, 4) is 0 Å². The number of hydrogen-bond donors (Lipinski definition) is 1. The van der Waals surface area contributed by atoms with Gasteiger partial charge in [-0.25, -0.2) is 4.98 Å². The average molecular weight is 328 g/mol. The third-order valence-corrected chi connectivity index (χ3v) is 4.85. The highest BCUT2D eigenvalue weighted by Crippen LogP contribution is 2.35. The summed E-state index contributed by atoms with van der Waals surface area (Å²) >= 11 is 0. The second-order valence-corrected chi connectivity index (χ2v) is 6.77. The molecule has 1 aliphatic heterocycles. The smallest absolute Gasteiger partial charge is 0.229 e. The largest absolute Gasteiger partial charge is 0.362 e. The van der Waals surface area contributed by atoms with E-state index in [2.05, 4.69) is 30.3 Å². The second kappa shape index (κ2) is 6.75. The van der Waals surface area contributed by atoms with Crippen LogP contribution in [0.3, 0.4) is 0 Å². The molecule has 7 nitrogen and oxygen atoms in total. The summed E-state index contributed by atoms with van der Waals surface area (Å²) in [5.74, 6) is 3.58. The normalized spacial score (nSPS) is 18.5. The van der Waals surface area contributed by atoms with Crippen LogP contribution in [0.5, 0.6) is 0 Å². The molecule has 1 N–H and O–H groups in total. The van der Waals surface area contributed by atoms with E-state index < -0.39 is 0 Å². The van der Waals surface area contributed by atoms with Gasteiger partial charge in [0, 0.05) is 30.8 Å². The van der Waals surface area contributed by atoms with Crippen molar-refractivity contribution in [1.82, 2.24) is 20.1 Å². The predicted molar refractivity (Wildman–Crippen MR) is 91.0 cm³/mol. The molecule has 7 heteroatoms. The number of aryl methyl sites for hydroxylation is 1. The van der Waals surface area contributed by atoms with E-state index in [-0.39, 0.29) is 0 Å². The number of aromatic nitrogens is 4. The lowest BCUT2D eigenvalue weighted by atomic mass is 9.85. The van der Waals surface area contributed by atoms with Crippen LogP contribution in [0.15, 0.2) is 10.6 Å². The van der Waals surface area contributed by atoms with Gasteiger partial charge in [0.1, 0.15) is 5.82 Å². The summed E-state index contributed by atoms with van der Waals surface area (Å²) < 4.78 is 5.36. The van der Waals surface area contributed by atoms with E-state index in [9.17, 15) is 0 Å². The van der Waals surface area contributed by atoms with Gasteiger partial charge in [0.25, 0.3) is 0 Å². The molecule has 1 saturated heterocycles. The van der Waals surface area contributed by atoms with Crippen molar-refractivity contribution < 1.29 is 4.52 Å². The zero-order valence-corrected chi connectivity index (χ0v) is 14.2. The summed E-state index contributed by atoms with van der Waals surface area (Å²) in [6.07, 6.45) is 7.33. The van der Waals surface area contributed by atoms with Crippen molar-refractivity contribution in [2.24, 2.45) is 0 Å². The first-order chi connectivity index (χ1) is 11.8. The fraction of sp³-hybridized carbons (Fsp3) is 0.647. The monoisotopic (exact) mass is 328 g/mol. The minimum Gasteiger partial charge on any atom is -0.362 e. The lowest BCUT2D eigenvalue weighted by molar-refractivity contribution is 0.291. The van der Waals surface area contributed by atoms with Gasteiger partial charge in [-0.2, -0.15) is 9.97 Å². The van der Waals surface area contributed by atoms with Crippen molar-refractivity contribution in [1.29, 1.82) is 0 Å². The molecule has 0 radical (unpaired) electrons. The third-order valence-electron chi connectivity index (χ3n) is 4.85. The van der Waals surface area contributed by atoms with Crippen LogP contribution in [0.4, 0.5) is 11.8 Å². The Balaban J connectivity index is 1.42. The van der Waals surface area contributed by atoms with Crippen LogP contribution in [0.2, 0.25) is 0 Å². The second-order valence-electron chi connectivity index (χ2n) is 6.77. The van der Waals surface area contributed by atoms with E-state index >= 15 is 0 Å². The van der Waals surface area contributed by atoms with Crippen molar-refractivity contribution >= 4 is 11.8 Å². The van der Waals surface area contributed by atoms with Gasteiger partial charge < -0.3 is 14.7 Å². The number of rotatable bonds is 5. The molecule has 1 saturated carbocycles. The highest BCUT2D eigenvalue weighted by Gasteiger charge is 2.25. The predicted octanol–water partition coefficient (Wildman–Crippen LogP) is 3.04. The van der Waals surface area contributed by atoms with Crippen LogP contribution in [-0.2, 0) is 6.54 Å². The van der Waals surface area contributed by atoms with Crippen LogP contribution < -0.4 is 10.2 Å². The Bertz CT molecular complexity index is 690. The number of piperidine rings is 1. The van der Waals surface area contributed by atoms with E-state index in [1.165, 1.54) is 38.5 Å². The maximum atomic E-state index is 5.36. The zero-order chi connectivity index (χ0) is 16.4. The van der Waals surface area contributed by atoms with Crippen molar-refractivity contribution in [2.75, 3.05) is 23.3 Å². The molecule has 0 spiro atoms. The number of nitrogens with zero attached hydrogens (tertiary/aromatic N) is 5. The molecule has 2 aromatic heterocycles. The summed E-state index contributed by atoms with van der Waals surface area (Å²) in [4.78, 5) is 16.0. The molecule has 0 unspecified atom stereocenters. The fourth-order valence-electron chi connectivity index (χ4n) is 3.21. The quantitative estimate of drug-likeness (QED) is 0.903. The first kappa shape index (κ1) is 15.4. The molecule has 1 aliphatic carbocycles. The van der Waals surface area contributed by atoms with E-state index in [1.54, 1.807) is 0 Å². The number of nitrogens with one attached hydrogen (secondary N) is 1. The molecule has 24 heavy (non-hydrogen) atoms. The van der Waals surface area contributed by atoms with Crippen LogP contribution in [0, 0.1) is 6.92 Å².